The summed E-state index contributed by atoms with van der Waals surface area (Å²) in [7, 11) is 0. The molecule has 0 saturated carbocycles. The van der Waals surface area contributed by atoms with E-state index in [0.717, 1.165) is 29.1 Å². The molecule has 0 aliphatic carbocycles. The third kappa shape index (κ3) is 4.11. The highest BCUT2D eigenvalue weighted by molar-refractivity contribution is 6.37. The van der Waals surface area contributed by atoms with E-state index in [-0.39, 0.29) is 18.9 Å². The molecule has 0 spiro atoms. The molecule has 2 aromatic carbocycles. The van der Waals surface area contributed by atoms with Crippen molar-refractivity contribution in [1.29, 1.82) is 0 Å². The normalized spacial score (nSPS) is 16.7. The van der Waals surface area contributed by atoms with Crippen molar-refractivity contribution >= 4 is 34.9 Å². The number of ketones is 1. The smallest absolute Gasteiger partial charge is 0.285 e. The molecular weight excluding hydrogens is 352 g/mol. The predicted molar refractivity (Wildman–Crippen MR) is 100.0 cm³/mol. The van der Waals surface area contributed by atoms with Crippen LogP contribution in [0.5, 0.6) is 0 Å². The fraction of sp³-hybridized carbons (Fsp3) is 0.250. The van der Waals surface area contributed by atoms with Gasteiger partial charge in [0.15, 0.2) is 0 Å². The molecule has 1 aliphatic heterocycles. The van der Waals surface area contributed by atoms with Gasteiger partial charge in [-0.15, -0.1) is 0 Å². The number of carbonyl (C=O) groups excluding carboxylic acids is 3. The molecule has 0 bridgehead atoms. The highest BCUT2D eigenvalue weighted by Crippen LogP contribution is 2.26. The van der Waals surface area contributed by atoms with Gasteiger partial charge in [0, 0.05) is 23.7 Å². The average Bonchev–Trinajstić information content (AvgIpc) is 3.02. The van der Waals surface area contributed by atoms with E-state index in [2.05, 4.69) is 0 Å². The molecule has 1 aliphatic rings. The van der Waals surface area contributed by atoms with Gasteiger partial charge >= 0.3 is 0 Å². The van der Waals surface area contributed by atoms with Crippen LogP contribution in [0.3, 0.4) is 0 Å². The highest BCUT2D eigenvalue weighted by atomic mass is 35.5. The lowest BCUT2D eigenvalue weighted by Crippen LogP contribution is -2.32. The van der Waals surface area contributed by atoms with Crippen LogP contribution in [0.2, 0.25) is 5.02 Å². The number of primary amides is 1. The van der Waals surface area contributed by atoms with Crippen LogP contribution in [-0.2, 0) is 27.2 Å². The zero-order valence-corrected chi connectivity index (χ0v) is 14.9. The molecule has 2 aromatic rings. The number of carbonyl (C=O) groups is 3. The van der Waals surface area contributed by atoms with Crippen LogP contribution in [0.25, 0.3) is 0 Å². The van der Waals surface area contributed by atoms with Crippen molar-refractivity contribution in [1.82, 2.24) is 0 Å². The maximum atomic E-state index is 12.1. The summed E-state index contributed by atoms with van der Waals surface area (Å²) in [5.41, 5.74) is 8.12. The Kier molecular flexibility index (Phi) is 5.38. The van der Waals surface area contributed by atoms with E-state index in [1.54, 1.807) is 0 Å². The van der Waals surface area contributed by atoms with E-state index < -0.39 is 17.6 Å². The predicted octanol–water partition coefficient (Wildman–Crippen LogP) is 2.53. The molecule has 3 rings (SSSR count). The van der Waals surface area contributed by atoms with Gasteiger partial charge in [0.1, 0.15) is 0 Å². The van der Waals surface area contributed by atoms with Gasteiger partial charge < -0.3 is 10.6 Å². The summed E-state index contributed by atoms with van der Waals surface area (Å²) in [5.74, 6) is -2.48. The molecule has 2 amide bonds. The van der Waals surface area contributed by atoms with Crippen molar-refractivity contribution in [3.8, 4) is 0 Å². The first kappa shape index (κ1) is 18.1. The molecule has 1 heterocycles. The van der Waals surface area contributed by atoms with Gasteiger partial charge in [-0.05, 0) is 48.2 Å². The Balaban J connectivity index is 1.62. The fourth-order valence-corrected chi connectivity index (χ4v) is 3.24. The Morgan fingerprint density at radius 2 is 1.54 bits per heavy atom. The van der Waals surface area contributed by atoms with Crippen molar-refractivity contribution < 1.29 is 14.4 Å². The molecule has 0 radical (unpaired) electrons. The first-order valence-electron chi connectivity index (χ1n) is 8.41. The van der Waals surface area contributed by atoms with Crippen LogP contribution in [0.15, 0.2) is 48.5 Å². The number of nitrogens with two attached hydrogens (primary N) is 1. The van der Waals surface area contributed by atoms with Crippen LogP contribution >= 0.6 is 11.6 Å². The van der Waals surface area contributed by atoms with Gasteiger partial charge in [0.2, 0.25) is 11.7 Å². The molecule has 1 unspecified atom stereocenters. The SMILES string of the molecule is NC(=O)C(=O)C1CC(=O)N(c2ccc(CCc3ccc(Cl)cc3)cc2)C1. The Labute approximate surface area is 156 Å². The number of halogens is 1. The average molecular weight is 371 g/mol. The Morgan fingerprint density at radius 1 is 1.00 bits per heavy atom. The number of aryl methyl sites for hydroxylation is 2. The topological polar surface area (TPSA) is 80.5 Å². The summed E-state index contributed by atoms with van der Waals surface area (Å²) in [4.78, 5) is 36.4. The van der Waals surface area contributed by atoms with Crippen LogP contribution in [-0.4, -0.2) is 24.1 Å². The summed E-state index contributed by atoms with van der Waals surface area (Å²) < 4.78 is 0. The highest BCUT2D eigenvalue weighted by Gasteiger charge is 2.36. The lowest BCUT2D eigenvalue weighted by atomic mass is 10.0. The Morgan fingerprint density at radius 3 is 2.08 bits per heavy atom. The van der Waals surface area contributed by atoms with Gasteiger partial charge in [-0.3, -0.25) is 14.4 Å². The van der Waals surface area contributed by atoms with Crippen LogP contribution in [0.1, 0.15) is 17.5 Å². The minimum absolute atomic E-state index is 0.0279. The number of hydrogen-bond acceptors (Lipinski definition) is 3. The summed E-state index contributed by atoms with van der Waals surface area (Å²) in [5, 5.41) is 0.724. The van der Waals surface area contributed by atoms with Crippen LogP contribution in [0.4, 0.5) is 5.69 Å². The number of amides is 2. The quantitative estimate of drug-likeness (QED) is 0.793. The molecule has 1 fully saturated rings. The molecule has 2 N–H and O–H groups in total. The maximum absolute atomic E-state index is 12.1. The molecule has 5 nitrogen and oxygen atoms in total. The molecule has 134 valence electrons. The van der Waals surface area contributed by atoms with E-state index in [1.807, 2.05) is 48.5 Å². The molecule has 1 atom stereocenters. The summed E-state index contributed by atoms with van der Waals surface area (Å²) in [6, 6.07) is 15.5. The number of Topliss-reactive ketones (excluding diaryl/α,β-unsaturated/α-hetero) is 1. The second-order valence-corrected chi connectivity index (χ2v) is 6.86. The van der Waals surface area contributed by atoms with E-state index >= 15 is 0 Å². The van der Waals surface area contributed by atoms with Gasteiger partial charge in [-0.1, -0.05) is 35.9 Å². The summed E-state index contributed by atoms with van der Waals surface area (Å²) in [6.07, 6.45) is 1.80. The van der Waals surface area contributed by atoms with Crippen molar-refractivity contribution in [3.05, 3.63) is 64.7 Å². The van der Waals surface area contributed by atoms with Crippen molar-refractivity contribution in [2.24, 2.45) is 11.7 Å². The van der Waals surface area contributed by atoms with E-state index in [1.165, 1.54) is 10.5 Å². The molecule has 26 heavy (non-hydrogen) atoms. The number of rotatable bonds is 6. The zero-order valence-electron chi connectivity index (χ0n) is 14.2. The zero-order chi connectivity index (χ0) is 18.7. The number of hydrogen-bond donors (Lipinski definition) is 1. The van der Waals surface area contributed by atoms with Crippen molar-refractivity contribution in [3.63, 3.8) is 0 Å². The van der Waals surface area contributed by atoms with E-state index in [4.69, 9.17) is 17.3 Å². The van der Waals surface area contributed by atoms with Crippen LogP contribution in [0, 0.1) is 5.92 Å². The standard InChI is InChI=1S/C20H19ClN2O3/c21-16-7-3-13(4-8-16)1-2-14-5-9-17(10-6-14)23-12-15(11-18(23)24)19(25)20(22)26/h3-10,15H,1-2,11-12H2,(H2,22,26). The van der Waals surface area contributed by atoms with Crippen LogP contribution < -0.4 is 10.6 Å². The Hall–Kier alpha value is -2.66. The molecule has 1 saturated heterocycles. The van der Waals surface area contributed by atoms with Gasteiger partial charge in [-0.25, -0.2) is 0 Å². The summed E-state index contributed by atoms with van der Waals surface area (Å²) in [6.45, 7) is 0.199. The molecule has 0 aromatic heterocycles. The fourth-order valence-electron chi connectivity index (χ4n) is 3.12. The van der Waals surface area contributed by atoms with Gasteiger partial charge in [0.25, 0.3) is 5.91 Å². The second kappa shape index (κ2) is 7.70. The van der Waals surface area contributed by atoms with E-state index in [9.17, 15) is 14.4 Å². The monoisotopic (exact) mass is 370 g/mol. The maximum Gasteiger partial charge on any atom is 0.285 e. The van der Waals surface area contributed by atoms with Gasteiger partial charge in [-0.2, -0.15) is 0 Å². The van der Waals surface area contributed by atoms with Gasteiger partial charge in [0.05, 0.1) is 5.92 Å². The lowest BCUT2D eigenvalue weighted by Gasteiger charge is -2.16. The minimum atomic E-state index is -0.984. The van der Waals surface area contributed by atoms with Crippen molar-refractivity contribution in [2.45, 2.75) is 19.3 Å². The molecular formula is C20H19ClN2O3. The third-order valence-corrected chi connectivity index (χ3v) is 4.85. The second-order valence-electron chi connectivity index (χ2n) is 6.43. The lowest BCUT2D eigenvalue weighted by molar-refractivity contribution is -0.138. The van der Waals surface area contributed by atoms with E-state index in [0.29, 0.717) is 0 Å². The molecule has 6 heteroatoms. The third-order valence-electron chi connectivity index (χ3n) is 4.60. The number of anilines is 1. The Bertz CT molecular complexity index is 831. The summed E-state index contributed by atoms with van der Waals surface area (Å²) >= 11 is 5.89. The first-order valence-corrected chi connectivity index (χ1v) is 8.79. The number of benzene rings is 2. The van der Waals surface area contributed by atoms with Crippen molar-refractivity contribution in [2.75, 3.05) is 11.4 Å². The largest absolute Gasteiger partial charge is 0.363 e. The number of nitrogens with zero attached hydrogens (tertiary/aromatic N) is 1. The minimum Gasteiger partial charge on any atom is -0.363 e. The first-order chi connectivity index (χ1) is 12.4.